The maximum Gasteiger partial charge on any atom is 0.122 e. The number of aliphatic hydroxyl groups excluding tert-OH is 1. The molecule has 0 saturated heterocycles. The Morgan fingerprint density at radius 1 is 1.37 bits per heavy atom. The SMILES string of the molecule is CCCC(C)COc1ccc(C#CCCO)cc1C. The van der Waals surface area contributed by atoms with Crippen molar-refractivity contribution in [1.82, 2.24) is 0 Å². The van der Waals surface area contributed by atoms with Crippen LogP contribution in [0, 0.1) is 24.7 Å². The van der Waals surface area contributed by atoms with Crippen LogP contribution in [0.15, 0.2) is 18.2 Å². The molecular weight excluding hydrogens is 236 g/mol. The molecule has 2 nitrogen and oxygen atoms in total. The molecule has 2 heteroatoms. The molecule has 1 rings (SSSR count). The van der Waals surface area contributed by atoms with Crippen molar-refractivity contribution in [3.8, 4) is 17.6 Å². The summed E-state index contributed by atoms with van der Waals surface area (Å²) in [7, 11) is 0. The van der Waals surface area contributed by atoms with Gasteiger partial charge in [-0.05, 0) is 43.0 Å². The van der Waals surface area contributed by atoms with Gasteiger partial charge in [-0.15, -0.1) is 0 Å². The number of hydrogen-bond acceptors (Lipinski definition) is 2. The lowest BCUT2D eigenvalue weighted by Gasteiger charge is -2.13. The van der Waals surface area contributed by atoms with Gasteiger partial charge in [-0.3, -0.25) is 0 Å². The van der Waals surface area contributed by atoms with Gasteiger partial charge in [0.25, 0.3) is 0 Å². The quantitative estimate of drug-likeness (QED) is 0.793. The first-order chi connectivity index (χ1) is 9.17. The van der Waals surface area contributed by atoms with Gasteiger partial charge in [0, 0.05) is 12.0 Å². The number of ether oxygens (including phenoxy) is 1. The van der Waals surface area contributed by atoms with Crippen molar-refractivity contribution in [1.29, 1.82) is 0 Å². The molecule has 0 aliphatic rings. The molecule has 0 amide bonds. The van der Waals surface area contributed by atoms with Crippen molar-refractivity contribution in [2.45, 2.75) is 40.0 Å². The van der Waals surface area contributed by atoms with Gasteiger partial charge in [-0.2, -0.15) is 0 Å². The molecule has 0 heterocycles. The van der Waals surface area contributed by atoms with Crippen LogP contribution in [0.2, 0.25) is 0 Å². The summed E-state index contributed by atoms with van der Waals surface area (Å²) in [4.78, 5) is 0. The van der Waals surface area contributed by atoms with E-state index in [0.717, 1.165) is 23.5 Å². The Kier molecular flexibility index (Phi) is 7.07. The van der Waals surface area contributed by atoms with Gasteiger partial charge >= 0.3 is 0 Å². The second kappa shape index (κ2) is 8.61. The van der Waals surface area contributed by atoms with Crippen LogP contribution in [-0.2, 0) is 0 Å². The lowest BCUT2D eigenvalue weighted by atomic mass is 10.1. The monoisotopic (exact) mass is 260 g/mol. The highest BCUT2D eigenvalue weighted by Gasteiger charge is 2.04. The minimum Gasteiger partial charge on any atom is -0.493 e. The van der Waals surface area contributed by atoms with Crippen molar-refractivity contribution in [3.05, 3.63) is 29.3 Å². The highest BCUT2D eigenvalue weighted by atomic mass is 16.5. The van der Waals surface area contributed by atoms with Gasteiger partial charge < -0.3 is 9.84 Å². The first-order valence-electron chi connectivity index (χ1n) is 7.00. The van der Waals surface area contributed by atoms with E-state index >= 15 is 0 Å². The molecule has 0 aromatic heterocycles. The zero-order chi connectivity index (χ0) is 14.1. The van der Waals surface area contributed by atoms with E-state index in [4.69, 9.17) is 9.84 Å². The molecule has 0 radical (unpaired) electrons. The Bertz CT molecular complexity index is 440. The van der Waals surface area contributed by atoms with Crippen molar-refractivity contribution < 1.29 is 9.84 Å². The zero-order valence-corrected chi connectivity index (χ0v) is 12.2. The van der Waals surface area contributed by atoms with E-state index in [1.165, 1.54) is 12.8 Å². The molecule has 1 aromatic rings. The summed E-state index contributed by atoms with van der Waals surface area (Å²) in [6.45, 7) is 7.33. The van der Waals surface area contributed by atoms with E-state index in [0.29, 0.717) is 12.3 Å². The average Bonchev–Trinajstić information content (AvgIpc) is 2.38. The van der Waals surface area contributed by atoms with Crippen LogP contribution in [0.3, 0.4) is 0 Å². The fraction of sp³-hybridized carbons (Fsp3) is 0.529. The predicted octanol–water partition coefficient (Wildman–Crippen LogP) is 3.54. The molecule has 0 bridgehead atoms. The molecule has 1 atom stereocenters. The molecular formula is C17H24O2. The summed E-state index contributed by atoms with van der Waals surface area (Å²) in [5.41, 5.74) is 2.08. The second-order valence-electron chi connectivity index (χ2n) is 4.96. The lowest BCUT2D eigenvalue weighted by molar-refractivity contribution is 0.250. The number of benzene rings is 1. The van der Waals surface area contributed by atoms with E-state index in [-0.39, 0.29) is 6.61 Å². The molecule has 0 saturated carbocycles. The van der Waals surface area contributed by atoms with Crippen LogP contribution in [0.4, 0.5) is 0 Å². The Morgan fingerprint density at radius 3 is 2.79 bits per heavy atom. The van der Waals surface area contributed by atoms with Gasteiger partial charge in [0.2, 0.25) is 0 Å². The molecule has 1 N–H and O–H groups in total. The van der Waals surface area contributed by atoms with Crippen LogP contribution in [0.5, 0.6) is 5.75 Å². The Hall–Kier alpha value is -1.46. The Morgan fingerprint density at radius 2 is 2.16 bits per heavy atom. The Balaban J connectivity index is 2.60. The van der Waals surface area contributed by atoms with Crippen LogP contribution >= 0.6 is 0 Å². The third kappa shape index (κ3) is 5.81. The van der Waals surface area contributed by atoms with Crippen molar-refractivity contribution in [2.75, 3.05) is 13.2 Å². The minimum absolute atomic E-state index is 0.114. The summed E-state index contributed by atoms with van der Waals surface area (Å²) >= 11 is 0. The number of aryl methyl sites for hydroxylation is 1. The summed E-state index contributed by atoms with van der Waals surface area (Å²) in [5.74, 6) is 7.49. The molecule has 0 fully saturated rings. The molecule has 0 aliphatic heterocycles. The standard InChI is InChI=1S/C17H24O2/c1-4-7-14(2)13-19-17-10-9-16(12-15(17)3)8-5-6-11-18/h9-10,12,14,18H,4,6-7,11,13H2,1-3H3. The van der Waals surface area contributed by atoms with Crippen molar-refractivity contribution in [2.24, 2.45) is 5.92 Å². The van der Waals surface area contributed by atoms with E-state index in [1.807, 2.05) is 25.1 Å². The van der Waals surface area contributed by atoms with E-state index in [1.54, 1.807) is 0 Å². The Labute approximate surface area is 116 Å². The molecule has 1 unspecified atom stereocenters. The van der Waals surface area contributed by atoms with E-state index in [2.05, 4.69) is 25.7 Å². The fourth-order valence-corrected chi connectivity index (χ4v) is 1.92. The molecule has 0 aliphatic carbocycles. The smallest absolute Gasteiger partial charge is 0.122 e. The van der Waals surface area contributed by atoms with Gasteiger partial charge in [-0.1, -0.05) is 32.1 Å². The second-order valence-corrected chi connectivity index (χ2v) is 4.96. The summed E-state index contributed by atoms with van der Waals surface area (Å²) < 4.78 is 5.84. The highest BCUT2D eigenvalue weighted by Crippen LogP contribution is 2.20. The first kappa shape index (κ1) is 15.6. The van der Waals surface area contributed by atoms with Crippen molar-refractivity contribution in [3.63, 3.8) is 0 Å². The van der Waals surface area contributed by atoms with Gasteiger partial charge in [0.05, 0.1) is 13.2 Å². The van der Waals surface area contributed by atoms with Crippen LogP contribution in [0.1, 0.15) is 44.2 Å². The topological polar surface area (TPSA) is 29.5 Å². The van der Waals surface area contributed by atoms with Gasteiger partial charge in [0.15, 0.2) is 0 Å². The van der Waals surface area contributed by atoms with Gasteiger partial charge in [-0.25, -0.2) is 0 Å². The van der Waals surface area contributed by atoms with E-state index < -0.39 is 0 Å². The molecule has 19 heavy (non-hydrogen) atoms. The molecule has 1 aromatic carbocycles. The van der Waals surface area contributed by atoms with Crippen LogP contribution < -0.4 is 4.74 Å². The summed E-state index contributed by atoms with van der Waals surface area (Å²) in [5, 5.41) is 8.69. The van der Waals surface area contributed by atoms with E-state index in [9.17, 15) is 0 Å². The van der Waals surface area contributed by atoms with Gasteiger partial charge in [0.1, 0.15) is 5.75 Å². The molecule has 0 spiro atoms. The van der Waals surface area contributed by atoms with Crippen molar-refractivity contribution >= 4 is 0 Å². The maximum absolute atomic E-state index is 8.69. The zero-order valence-electron chi connectivity index (χ0n) is 12.2. The maximum atomic E-state index is 8.69. The summed E-state index contributed by atoms with van der Waals surface area (Å²) in [6, 6.07) is 5.98. The van der Waals surface area contributed by atoms with Crippen LogP contribution in [0.25, 0.3) is 0 Å². The summed E-state index contributed by atoms with van der Waals surface area (Å²) in [6.07, 6.45) is 2.92. The first-order valence-corrected chi connectivity index (χ1v) is 7.00. The highest BCUT2D eigenvalue weighted by molar-refractivity contribution is 5.43. The third-order valence-corrected chi connectivity index (χ3v) is 2.95. The number of hydrogen-bond donors (Lipinski definition) is 1. The largest absolute Gasteiger partial charge is 0.493 e. The fourth-order valence-electron chi connectivity index (χ4n) is 1.92. The normalized spacial score (nSPS) is 11.6. The predicted molar refractivity (Wildman–Crippen MR) is 79.3 cm³/mol. The number of rotatable bonds is 6. The molecule has 104 valence electrons. The lowest BCUT2D eigenvalue weighted by Crippen LogP contribution is -2.08. The minimum atomic E-state index is 0.114. The van der Waals surface area contributed by atoms with Crippen LogP contribution in [-0.4, -0.2) is 18.3 Å². The average molecular weight is 260 g/mol. The number of aliphatic hydroxyl groups is 1. The third-order valence-electron chi connectivity index (χ3n) is 2.95.